The minimum Gasteiger partial charge on any atom is -0.481 e. The van der Waals surface area contributed by atoms with Crippen molar-refractivity contribution in [3.05, 3.63) is 35.4 Å². The van der Waals surface area contributed by atoms with Gasteiger partial charge in [0.1, 0.15) is 0 Å². The summed E-state index contributed by atoms with van der Waals surface area (Å²) in [6.45, 7) is 4.48. The number of nitrogens with zero attached hydrogens (tertiary/aromatic N) is 1. The summed E-state index contributed by atoms with van der Waals surface area (Å²) in [7, 11) is 0. The van der Waals surface area contributed by atoms with Crippen molar-refractivity contribution in [3.8, 4) is 0 Å². The predicted molar refractivity (Wildman–Crippen MR) is 81.6 cm³/mol. The zero-order chi connectivity index (χ0) is 16.3. The maximum atomic E-state index is 12.1. The van der Waals surface area contributed by atoms with Crippen LogP contribution in [-0.4, -0.2) is 40.8 Å². The molecular weight excluding hydrogens is 282 g/mol. The molecule has 1 fully saturated rings. The van der Waals surface area contributed by atoms with E-state index in [9.17, 15) is 14.4 Å². The summed E-state index contributed by atoms with van der Waals surface area (Å²) in [5, 5.41) is 9.08. The fraction of sp³-hybridized carbons (Fsp3) is 0.471. The van der Waals surface area contributed by atoms with Crippen molar-refractivity contribution in [2.45, 2.75) is 26.7 Å². The Bertz CT molecular complexity index is 579. The molecule has 1 aromatic carbocycles. The van der Waals surface area contributed by atoms with Crippen LogP contribution in [0.1, 0.15) is 35.7 Å². The molecule has 1 aromatic rings. The third kappa shape index (κ3) is 3.72. The Hall–Kier alpha value is -2.17. The van der Waals surface area contributed by atoms with E-state index in [0.717, 1.165) is 5.56 Å². The summed E-state index contributed by atoms with van der Waals surface area (Å²) >= 11 is 0. The highest BCUT2D eigenvalue weighted by Crippen LogP contribution is 2.24. The summed E-state index contributed by atoms with van der Waals surface area (Å²) in [4.78, 5) is 36.8. The number of aliphatic carboxylic acids is 1. The van der Waals surface area contributed by atoms with E-state index >= 15 is 0 Å². The molecule has 0 aromatic heterocycles. The number of aryl methyl sites for hydroxylation is 1. The second-order valence-corrected chi connectivity index (χ2v) is 6.01. The van der Waals surface area contributed by atoms with Crippen LogP contribution in [0.3, 0.4) is 0 Å². The largest absolute Gasteiger partial charge is 0.481 e. The Labute approximate surface area is 129 Å². The number of carboxylic acids is 1. The van der Waals surface area contributed by atoms with E-state index in [1.807, 2.05) is 26.0 Å². The van der Waals surface area contributed by atoms with Crippen molar-refractivity contribution >= 4 is 17.7 Å². The van der Waals surface area contributed by atoms with Crippen molar-refractivity contribution in [2.24, 2.45) is 11.8 Å². The molecule has 1 aliphatic rings. The summed E-state index contributed by atoms with van der Waals surface area (Å²) in [6.07, 6.45) is 0.288. The number of hydrogen-bond acceptors (Lipinski definition) is 3. The number of likely N-dealkylation sites (tertiary alicyclic amines) is 1. The molecule has 0 saturated carbocycles. The number of benzene rings is 1. The zero-order valence-corrected chi connectivity index (χ0v) is 12.9. The summed E-state index contributed by atoms with van der Waals surface area (Å²) in [5.74, 6) is -1.61. The van der Waals surface area contributed by atoms with E-state index < -0.39 is 11.9 Å². The molecule has 0 unspecified atom stereocenters. The van der Waals surface area contributed by atoms with Crippen molar-refractivity contribution in [2.75, 3.05) is 13.1 Å². The van der Waals surface area contributed by atoms with E-state index in [0.29, 0.717) is 12.1 Å². The van der Waals surface area contributed by atoms with Gasteiger partial charge in [-0.05, 0) is 12.8 Å². The molecule has 0 bridgehead atoms. The molecular formula is C17H21NO4. The van der Waals surface area contributed by atoms with Gasteiger partial charge in [0.2, 0.25) is 5.91 Å². The van der Waals surface area contributed by atoms with Crippen molar-refractivity contribution in [1.29, 1.82) is 0 Å². The highest BCUT2D eigenvalue weighted by Gasteiger charge is 2.36. The number of carbonyl (C=O) groups is 3. The first kappa shape index (κ1) is 16.2. The minimum absolute atomic E-state index is 0.0470. The number of hydrogen-bond donors (Lipinski definition) is 1. The maximum Gasteiger partial charge on any atom is 0.308 e. The standard InChI is InChI=1S/C17H21NO4/c1-11-3-5-13(6-4-11)15(19)7-8-16(20)18-9-12(2)14(10-18)17(21)22/h3-6,12,14H,7-10H2,1-2H3,(H,21,22)/t12-,14-/m1/s1. The lowest BCUT2D eigenvalue weighted by atomic mass is 9.99. The Morgan fingerprint density at radius 3 is 2.32 bits per heavy atom. The van der Waals surface area contributed by atoms with Crippen LogP contribution in [0.5, 0.6) is 0 Å². The highest BCUT2D eigenvalue weighted by molar-refractivity contribution is 5.98. The first-order chi connectivity index (χ1) is 10.4. The normalized spacial score (nSPS) is 20.9. The highest BCUT2D eigenvalue weighted by atomic mass is 16.4. The fourth-order valence-electron chi connectivity index (χ4n) is 2.75. The van der Waals surface area contributed by atoms with Crippen molar-refractivity contribution in [1.82, 2.24) is 4.90 Å². The third-order valence-corrected chi connectivity index (χ3v) is 4.22. The number of rotatable bonds is 5. The second-order valence-electron chi connectivity index (χ2n) is 6.01. The lowest BCUT2D eigenvalue weighted by Gasteiger charge is -2.15. The predicted octanol–water partition coefficient (Wildman–Crippen LogP) is 2.14. The van der Waals surface area contributed by atoms with E-state index in [-0.39, 0.29) is 37.0 Å². The number of amides is 1. The fourth-order valence-corrected chi connectivity index (χ4v) is 2.75. The lowest BCUT2D eigenvalue weighted by molar-refractivity contribution is -0.142. The van der Waals surface area contributed by atoms with E-state index in [1.165, 1.54) is 0 Å². The van der Waals surface area contributed by atoms with Gasteiger partial charge in [0.15, 0.2) is 5.78 Å². The van der Waals surface area contributed by atoms with E-state index in [2.05, 4.69) is 0 Å². The van der Waals surface area contributed by atoms with Gasteiger partial charge in [0, 0.05) is 31.5 Å². The van der Waals surface area contributed by atoms with Crippen LogP contribution < -0.4 is 0 Å². The van der Waals surface area contributed by atoms with Crippen LogP contribution in [0.15, 0.2) is 24.3 Å². The van der Waals surface area contributed by atoms with Gasteiger partial charge in [-0.1, -0.05) is 36.8 Å². The smallest absolute Gasteiger partial charge is 0.308 e. The van der Waals surface area contributed by atoms with Crippen LogP contribution in [0.25, 0.3) is 0 Å². The monoisotopic (exact) mass is 303 g/mol. The first-order valence-corrected chi connectivity index (χ1v) is 7.49. The molecule has 0 aliphatic carbocycles. The van der Waals surface area contributed by atoms with Gasteiger partial charge in [0.25, 0.3) is 0 Å². The molecule has 1 amide bonds. The van der Waals surface area contributed by atoms with Gasteiger partial charge in [-0.3, -0.25) is 14.4 Å². The van der Waals surface area contributed by atoms with E-state index in [1.54, 1.807) is 17.0 Å². The number of Topliss-reactive ketones (excluding diaryl/α,β-unsaturated/α-hetero) is 1. The molecule has 0 radical (unpaired) electrons. The van der Waals surface area contributed by atoms with Gasteiger partial charge in [-0.2, -0.15) is 0 Å². The Morgan fingerprint density at radius 2 is 1.77 bits per heavy atom. The molecule has 5 nitrogen and oxygen atoms in total. The second kappa shape index (κ2) is 6.73. The Kier molecular flexibility index (Phi) is 4.96. The van der Waals surface area contributed by atoms with Crippen molar-refractivity contribution < 1.29 is 19.5 Å². The van der Waals surface area contributed by atoms with Gasteiger partial charge in [0.05, 0.1) is 5.92 Å². The molecule has 2 rings (SSSR count). The van der Waals surface area contributed by atoms with E-state index in [4.69, 9.17) is 5.11 Å². The molecule has 1 aliphatic heterocycles. The average Bonchev–Trinajstić information content (AvgIpc) is 2.87. The summed E-state index contributed by atoms with van der Waals surface area (Å²) in [5.41, 5.74) is 1.69. The van der Waals surface area contributed by atoms with Crippen LogP contribution in [-0.2, 0) is 9.59 Å². The Balaban J connectivity index is 1.87. The topological polar surface area (TPSA) is 74.7 Å². The van der Waals surface area contributed by atoms with Crippen molar-refractivity contribution in [3.63, 3.8) is 0 Å². The van der Waals surface area contributed by atoms with Crippen LogP contribution in [0.2, 0.25) is 0 Å². The van der Waals surface area contributed by atoms with Gasteiger partial charge >= 0.3 is 5.97 Å². The van der Waals surface area contributed by atoms with Crippen LogP contribution in [0, 0.1) is 18.8 Å². The summed E-state index contributed by atoms with van der Waals surface area (Å²) in [6, 6.07) is 7.27. The molecule has 1 N–H and O–H groups in total. The molecule has 1 heterocycles. The zero-order valence-electron chi connectivity index (χ0n) is 12.9. The molecule has 118 valence electrons. The quantitative estimate of drug-likeness (QED) is 0.846. The SMILES string of the molecule is Cc1ccc(C(=O)CCC(=O)N2C[C@@H](C)[C@H](C(=O)O)C2)cc1. The van der Waals surface area contributed by atoms with Gasteiger partial charge < -0.3 is 10.0 Å². The Morgan fingerprint density at radius 1 is 1.14 bits per heavy atom. The van der Waals surface area contributed by atoms with Crippen LogP contribution in [0.4, 0.5) is 0 Å². The summed E-state index contributed by atoms with van der Waals surface area (Å²) < 4.78 is 0. The molecule has 2 atom stereocenters. The molecule has 5 heteroatoms. The van der Waals surface area contributed by atoms with Gasteiger partial charge in [-0.15, -0.1) is 0 Å². The number of carboxylic acid groups (broad SMARTS) is 1. The number of carbonyl (C=O) groups excluding carboxylic acids is 2. The van der Waals surface area contributed by atoms with Crippen LogP contribution >= 0.6 is 0 Å². The molecule has 0 spiro atoms. The average molecular weight is 303 g/mol. The third-order valence-electron chi connectivity index (χ3n) is 4.22. The lowest BCUT2D eigenvalue weighted by Crippen LogP contribution is -2.30. The minimum atomic E-state index is -0.862. The van der Waals surface area contributed by atoms with Gasteiger partial charge in [-0.25, -0.2) is 0 Å². The molecule has 22 heavy (non-hydrogen) atoms. The maximum absolute atomic E-state index is 12.1. The first-order valence-electron chi connectivity index (χ1n) is 7.49. The number of ketones is 1. The molecule has 1 saturated heterocycles.